The van der Waals surface area contributed by atoms with E-state index in [1.165, 1.54) is 25.3 Å². The predicted octanol–water partition coefficient (Wildman–Crippen LogP) is 3.43. The Morgan fingerprint density at radius 2 is 2.05 bits per heavy atom. The van der Waals surface area contributed by atoms with Crippen molar-refractivity contribution in [3.63, 3.8) is 0 Å². The molecule has 110 valence electrons. The molecule has 0 atom stereocenters. The number of hydrogen-bond donors (Lipinski definition) is 1. The number of methoxy groups -OCH3 is 1. The molecule has 0 spiro atoms. The van der Waals surface area contributed by atoms with Gasteiger partial charge in [-0.2, -0.15) is 0 Å². The van der Waals surface area contributed by atoms with Gasteiger partial charge in [0, 0.05) is 5.69 Å². The van der Waals surface area contributed by atoms with Gasteiger partial charge in [-0.05, 0) is 35.9 Å². The Kier molecular flexibility index (Phi) is 4.65. The van der Waals surface area contributed by atoms with Gasteiger partial charge in [0.05, 0.1) is 12.1 Å². The monoisotopic (exact) mass is 309 g/mol. The minimum atomic E-state index is -0.547. The van der Waals surface area contributed by atoms with Gasteiger partial charge in [0.1, 0.15) is 23.7 Å². The van der Waals surface area contributed by atoms with Crippen LogP contribution in [0.4, 0.5) is 10.1 Å². The molecule has 4 nitrogen and oxygen atoms in total. The quantitative estimate of drug-likeness (QED) is 0.694. The molecule has 0 amide bonds. The smallest absolute Gasteiger partial charge is 0.341 e. The lowest BCUT2D eigenvalue weighted by Crippen LogP contribution is -2.07. The van der Waals surface area contributed by atoms with E-state index >= 15 is 0 Å². The van der Waals surface area contributed by atoms with Crippen LogP contribution in [0.2, 0.25) is 5.02 Å². The summed E-state index contributed by atoms with van der Waals surface area (Å²) in [5.74, 6) is -0.714. The molecule has 2 N–H and O–H groups in total. The van der Waals surface area contributed by atoms with Gasteiger partial charge in [-0.1, -0.05) is 17.7 Å². The average molecular weight is 310 g/mol. The van der Waals surface area contributed by atoms with E-state index < -0.39 is 11.8 Å². The van der Waals surface area contributed by atoms with Crippen molar-refractivity contribution in [3.8, 4) is 5.75 Å². The van der Waals surface area contributed by atoms with Crippen LogP contribution in [0.5, 0.6) is 5.75 Å². The second-order valence-corrected chi connectivity index (χ2v) is 4.69. The normalized spacial score (nSPS) is 10.2. The first-order valence-corrected chi connectivity index (χ1v) is 6.43. The van der Waals surface area contributed by atoms with Crippen molar-refractivity contribution in [1.82, 2.24) is 0 Å². The molecule has 2 aromatic rings. The van der Waals surface area contributed by atoms with E-state index in [1.54, 1.807) is 18.2 Å². The highest BCUT2D eigenvalue weighted by Crippen LogP contribution is 2.24. The summed E-state index contributed by atoms with van der Waals surface area (Å²) in [6, 6.07) is 8.93. The number of nitrogen functional groups attached to an aromatic ring is 1. The highest BCUT2D eigenvalue weighted by Gasteiger charge is 2.14. The highest BCUT2D eigenvalue weighted by molar-refractivity contribution is 6.30. The maximum Gasteiger partial charge on any atom is 0.341 e. The van der Waals surface area contributed by atoms with Crippen LogP contribution in [0.3, 0.4) is 0 Å². The van der Waals surface area contributed by atoms with E-state index in [0.29, 0.717) is 17.0 Å². The minimum Gasteiger partial charge on any atom is -0.488 e. The molecule has 0 radical (unpaired) electrons. The van der Waals surface area contributed by atoms with Crippen molar-refractivity contribution < 1.29 is 18.7 Å². The van der Waals surface area contributed by atoms with E-state index in [4.69, 9.17) is 22.1 Å². The summed E-state index contributed by atoms with van der Waals surface area (Å²) in [4.78, 5) is 11.7. The summed E-state index contributed by atoms with van der Waals surface area (Å²) in [5.41, 5.74) is 6.97. The van der Waals surface area contributed by atoms with Crippen molar-refractivity contribution in [1.29, 1.82) is 0 Å². The summed E-state index contributed by atoms with van der Waals surface area (Å²) in [6.45, 7) is 0.133. The number of esters is 1. The maximum atomic E-state index is 13.1. The van der Waals surface area contributed by atoms with Gasteiger partial charge >= 0.3 is 5.97 Å². The molecular formula is C15H13ClFNO3. The summed E-state index contributed by atoms with van der Waals surface area (Å²) in [7, 11) is 1.27. The van der Waals surface area contributed by atoms with Crippen LogP contribution in [0, 0.1) is 5.82 Å². The molecule has 0 aliphatic rings. The largest absolute Gasteiger partial charge is 0.488 e. The van der Waals surface area contributed by atoms with Crippen LogP contribution in [-0.2, 0) is 11.3 Å². The predicted molar refractivity (Wildman–Crippen MR) is 77.9 cm³/mol. The zero-order valence-corrected chi connectivity index (χ0v) is 12.0. The zero-order chi connectivity index (χ0) is 15.4. The highest BCUT2D eigenvalue weighted by atomic mass is 35.5. The lowest BCUT2D eigenvalue weighted by molar-refractivity contribution is 0.0595. The second-order valence-electron chi connectivity index (χ2n) is 4.28. The fourth-order valence-corrected chi connectivity index (χ4v) is 1.94. The van der Waals surface area contributed by atoms with Gasteiger partial charge in [0.15, 0.2) is 0 Å². The molecule has 2 aromatic carbocycles. The first-order chi connectivity index (χ1) is 10.0. The molecule has 21 heavy (non-hydrogen) atoms. The van der Waals surface area contributed by atoms with E-state index in [0.717, 1.165) is 0 Å². The SMILES string of the molecule is COC(=O)c1cc(N)ccc1OCc1ccc(F)c(Cl)c1. The third kappa shape index (κ3) is 3.64. The van der Waals surface area contributed by atoms with Crippen molar-refractivity contribution in [2.24, 2.45) is 0 Å². The minimum absolute atomic E-state index is 0.0154. The lowest BCUT2D eigenvalue weighted by Gasteiger charge is -2.11. The van der Waals surface area contributed by atoms with Gasteiger partial charge < -0.3 is 15.2 Å². The van der Waals surface area contributed by atoms with Crippen LogP contribution in [0.1, 0.15) is 15.9 Å². The van der Waals surface area contributed by atoms with Gasteiger partial charge in [0.2, 0.25) is 0 Å². The van der Waals surface area contributed by atoms with Crippen molar-refractivity contribution >= 4 is 23.3 Å². The topological polar surface area (TPSA) is 61.5 Å². The summed E-state index contributed by atoms with van der Waals surface area (Å²) >= 11 is 5.70. The Morgan fingerprint density at radius 3 is 2.71 bits per heavy atom. The first-order valence-electron chi connectivity index (χ1n) is 6.06. The third-order valence-corrected chi connectivity index (χ3v) is 3.08. The number of ether oxygens (including phenoxy) is 2. The van der Waals surface area contributed by atoms with Gasteiger partial charge in [-0.25, -0.2) is 9.18 Å². The number of benzene rings is 2. The molecule has 0 aliphatic carbocycles. The Labute approximate surface area is 126 Å². The van der Waals surface area contributed by atoms with E-state index in [1.807, 2.05) is 0 Å². The number of rotatable bonds is 4. The molecule has 2 rings (SSSR count). The average Bonchev–Trinajstić information content (AvgIpc) is 2.48. The van der Waals surface area contributed by atoms with Crippen molar-refractivity contribution in [2.75, 3.05) is 12.8 Å². The molecule has 0 aromatic heterocycles. The van der Waals surface area contributed by atoms with Crippen LogP contribution in [0.25, 0.3) is 0 Å². The molecule has 0 fully saturated rings. The zero-order valence-electron chi connectivity index (χ0n) is 11.2. The summed E-state index contributed by atoms with van der Waals surface area (Å²) in [6.07, 6.45) is 0. The molecule has 0 unspecified atom stereocenters. The van der Waals surface area contributed by atoms with Crippen LogP contribution < -0.4 is 10.5 Å². The number of carbonyl (C=O) groups is 1. The third-order valence-electron chi connectivity index (χ3n) is 2.79. The second kappa shape index (κ2) is 6.45. The fraction of sp³-hybridized carbons (Fsp3) is 0.133. The number of hydrogen-bond acceptors (Lipinski definition) is 4. The van der Waals surface area contributed by atoms with Gasteiger partial charge in [-0.15, -0.1) is 0 Å². The Balaban J connectivity index is 2.19. The molecule has 0 saturated heterocycles. The molecule has 0 heterocycles. The van der Waals surface area contributed by atoms with Crippen molar-refractivity contribution in [3.05, 3.63) is 58.4 Å². The molecular weight excluding hydrogens is 297 g/mol. The maximum absolute atomic E-state index is 13.1. The number of anilines is 1. The molecule has 0 saturated carbocycles. The van der Waals surface area contributed by atoms with E-state index in [9.17, 15) is 9.18 Å². The first kappa shape index (κ1) is 15.1. The standard InChI is InChI=1S/C15H13ClFNO3/c1-20-15(19)11-7-10(18)3-5-14(11)21-8-9-2-4-13(17)12(16)6-9/h2-7H,8,18H2,1H3. The summed E-state index contributed by atoms with van der Waals surface area (Å²) < 4.78 is 23.3. The van der Waals surface area contributed by atoms with E-state index in [-0.39, 0.29) is 17.2 Å². The Hall–Kier alpha value is -2.27. The van der Waals surface area contributed by atoms with Crippen LogP contribution >= 0.6 is 11.6 Å². The van der Waals surface area contributed by atoms with Crippen LogP contribution in [0.15, 0.2) is 36.4 Å². The summed E-state index contributed by atoms with van der Waals surface area (Å²) in [5, 5.41) is 0.0154. The molecule has 0 aliphatic heterocycles. The fourth-order valence-electron chi connectivity index (χ4n) is 1.73. The Morgan fingerprint density at radius 1 is 1.29 bits per heavy atom. The van der Waals surface area contributed by atoms with Crippen molar-refractivity contribution in [2.45, 2.75) is 6.61 Å². The number of halogens is 2. The molecule has 0 bridgehead atoms. The van der Waals surface area contributed by atoms with Crippen LogP contribution in [-0.4, -0.2) is 13.1 Å². The number of nitrogens with two attached hydrogens (primary N) is 1. The van der Waals surface area contributed by atoms with E-state index in [2.05, 4.69) is 4.74 Å². The Bertz CT molecular complexity index is 676. The van der Waals surface area contributed by atoms with Gasteiger partial charge in [0.25, 0.3) is 0 Å². The molecule has 6 heteroatoms. The van der Waals surface area contributed by atoms with Gasteiger partial charge in [-0.3, -0.25) is 0 Å². The number of carbonyl (C=O) groups excluding carboxylic acids is 1. The lowest BCUT2D eigenvalue weighted by atomic mass is 10.1.